The third-order valence-corrected chi connectivity index (χ3v) is 2.89. The van der Waals surface area contributed by atoms with E-state index in [9.17, 15) is 14.4 Å². The number of furan rings is 1. The molecule has 2 aromatic rings. The van der Waals surface area contributed by atoms with Crippen molar-refractivity contribution in [1.82, 2.24) is 14.6 Å². The molecule has 0 aliphatic heterocycles. The van der Waals surface area contributed by atoms with E-state index in [0.717, 1.165) is 4.57 Å². The van der Waals surface area contributed by atoms with Crippen LogP contribution in [0.25, 0.3) is 0 Å². The van der Waals surface area contributed by atoms with Crippen molar-refractivity contribution in [2.75, 3.05) is 0 Å². The molecule has 0 saturated heterocycles. The van der Waals surface area contributed by atoms with Crippen molar-refractivity contribution in [3.05, 3.63) is 56.8 Å². The minimum atomic E-state index is -0.621. The first-order valence-electron chi connectivity index (χ1n) is 5.96. The summed E-state index contributed by atoms with van der Waals surface area (Å²) in [7, 11) is 0. The van der Waals surface area contributed by atoms with Gasteiger partial charge in [0.05, 0.1) is 12.8 Å². The molecule has 1 amide bonds. The maximum absolute atomic E-state index is 12.1. The van der Waals surface area contributed by atoms with Crippen molar-refractivity contribution >= 4 is 5.91 Å². The molecule has 8 heteroatoms. The number of hydrogen-bond donors (Lipinski definition) is 2. The van der Waals surface area contributed by atoms with Crippen LogP contribution in [-0.2, 0) is 13.1 Å². The third-order valence-electron chi connectivity index (χ3n) is 2.89. The van der Waals surface area contributed by atoms with Crippen LogP contribution in [0.3, 0.4) is 0 Å². The molecule has 0 saturated carbocycles. The highest BCUT2D eigenvalue weighted by Crippen LogP contribution is 2.10. The van der Waals surface area contributed by atoms with Crippen LogP contribution in [0.15, 0.2) is 38.6 Å². The van der Waals surface area contributed by atoms with Gasteiger partial charge in [0.15, 0.2) is 5.76 Å². The molecule has 2 heterocycles. The molecule has 0 fully saturated rings. The molecule has 0 radical (unpaired) electrons. The molecule has 2 aromatic heterocycles. The zero-order valence-corrected chi connectivity index (χ0v) is 10.8. The van der Waals surface area contributed by atoms with Crippen molar-refractivity contribution in [2.24, 2.45) is 5.84 Å². The van der Waals surface area contributed by atoms with Crippen LogP contribution in [0.5, 0.6) is 0 Å². The van der Waals surface area contributed by atoms with Crippen LogP contribution < -0.4 is 22.5 Å². The van der Waals surface area contributed by atoms with Gasteiger partial charge >= 0.3 is 11.6 Å². The lowest BCUT2D eigenvalue weighted by Crippen LogP contribution is -2.39. The highest BCUT2D eigenvalue weighted by atomic mass is 16.3. The number of carbonyl (C=O) groups is 1. The van der Waals surface area contributed by atoms with Gasteiger partial charge in [0, 0.05) is 24.4 Å². The number of nitrogens with two attached hydrogens (primary N) is 1. The maximum Gasteiger partial charge on any atom is 0.331 e. The molecule has 0 aliphatic carbocycles. The van der Waals surface area contributed by atoms with Gasteiger partial charge in [-0.2, -0.15) is 0 Å². The first kappa shape index (κ1) is 13.8. The maximum atomic E-state index is 12.1. The molecule has 2 rings (SSSR count). The van der Waals surface area contributed by atoms with Crippen LogP contribution in [0.2, 0.25) is 0 Å². The summed E-state index contributed by atoms with van der Waals surface area (Å²) in [5.41, 5.74) is 1.46. The van der Waals surface area contributed by atoms with E-state index in [1.54, 1.807) is 6.92 Å². The molecule has 0 unspecified atom stereocenters. The molecule has 0 aromatic carbocycles. The number of nitrogens with one attached hydrogen (secondary N) is 1. The summed E-state index contributed by atoms with van der Waals surface area (Å²) >= 11 is 0. The number of nitrogen functional groups attached to an aromatic ring is 1. The zero-order chi connectivity index (χ0) is 14.7. The lowest BCUT2D eigenvalue weighted by atomic mass is 10.2. The van der Waals surface area contributed by atoms with Crippen molar-refractivity contribution in [3.8, 4) is 0 Å². The van der Waals surface area contributed by atoms with E-state index >= 15 is 0 Å². The molecule has 20 heavy (non-hydrogen) atoms. The van der Waals surface area contributed by atoms with E-state index in [4.69, 9.17) is 10.3 Å². The number of rotatable bonds is 4. The number of aromatic nitrogens is 2. The van der Waals surface area contributed by atoms with Crippen molar-refractivity contribution in [1.29, 1.82) is 0 Å². The van der Waals surface area contributed by atoms with Gasteiger partial charge < -0.3 is 8.98 Å². The molecule has 0 spiro atoms. The van der Waals surface area contributed by atoms with E-state index in [0.29, 0.717) is 12.1 Å². The predicted molar refractivity (Wildman–Crippen MR) is 70.1 cm³/mol. The fourth-order valence-corrected chi connectivity index (χ4v) is 1.84. The normalized spacial score (nSPS) is 10.5. The third kappa shape index (κ3) is 2.41. The summed E-state index contributed by atoms with van der Waals surface area (Å²) in [5.74, 6) is 4.39. The van der Waals surface area contributed by atoms with E-state index in [1.165, 1.54) is 29.2 Å². The van der Waals surface area contributed by atoms with Gasteiger partial charge in [-0.25, -0.2) is 10.6 Å². The van der Waals surface area contributed by atoms with Gasteiger partial charge in [-0.15, -0.1) is 0 Å². The highest BCUT2D eigenvalue weighted by Gasteiger charge is 2.16. The Hall–Kier alpha value is -2.61. The summed E-state index contributed by atoms with van der Waals surface area (Å²) in [4.78, 5) is 35.3. The van der Waals surface area contributed by atoms with Crippen molar-refractivity contribution < 1.29 is 9.21 Å². The summed E-state index contributed by atoms with van der Waals surface area (Å²) in [6.45, 7) is 2.18. The predicted octanol–water partition coefficient (Wildman–Crippen LogP) is -0.725. The molecule has 0 atom stereocenters. The smallest absolute Gasteiger partial charge is 0.331 e. The Balaban J connectivity index is 2.46. The minimum Gasteiger partial charge on any atom is -0.459 e. The van der Waals surface area contributed by atoms with Gasteiger partial charge in [-0.1, -0.05) is 0 Å². The SMILES string of the molecule is CCn1ccc(=O)n(Cc2ccoc2C(=O)NN)c1=O. The number of nitrogens with zero attached hydrogens (tertiary/aromatic N) is 2. The molecule has 0 aliphatic rings. The Morgan fingerprint density at radius 2 is 2.15 bits per heavy atom. The Morgan fingerprint density at radius 3 is 2.80 bits per heavy atom. The van der Waals surface area contributed by atoms with Crippen LogP contribution in [0.1, 0.15) is 23.0 Å². The molecule has 8 nitrogen and oxygen atoms in total. The van der Waals surface area contributed by atoms with Crippen LogP contribution in [0.4, 0.5) is 0 Å². The Morgan fingerprint density at radius 1 is 1.40 bits per heavy atom. The summed E-state index contributed by atoms with van der Waals surface area (Å²) in [5, 5.41) is 0. The second kappa shape index (κ2) is 5.57. The fourth-order valence-electron chi connectivity index (χ4n) is 1.84. The van der Waals surface area contributed by atoms with Crippen molar-refractivity contribution in [3.63, 3.8) is 0 Å². The quantitative estimate of drug-likeness (QED) is 0.435. The van der Waals surface area contributed by atoms with Crippen LogP contribution in [-0.4, -0.2) is 15.0 Å². The second-order valence-electron chi connectivity index (χ2n) is 4.06. The monoisotopic (exact) mass is 278 g/mol. The fraction of sp³-hybridized carbons (Fsp3) is 0.250. The van der Waals surface area contributed by atoms with E-state index < -0.39 is 17.2 Å². The number of carbonyl (C=O) groups excluding carboxylic acids is 1. The first-order chi connectivity index (χ1) is 9.58. The van der Waals surface area contributed by atoms with Gasteiger partial charge in [0.2, 0.25) is 0 Å². The standard InChI is InChI=1S/C12H14N4O4/c1-2-15-5-3-9(17)16(12(15)19)7-8-4-6-20-10(8)11(18)14-13/h3-6H,2,7,13H2,1H3,(H,14,18). The average Bonchev–Trinajstić information content (AvgIpc) is 2.91. The largest absolute Gasteiger partial charge is 0.459 e. The van der Waals surface area contributed by atoms with Gasteiger partial charge in [0.25, 0.3) is 5.56 Å². The molecule has 0 bridgehead atoms. The lowest BCUT2D eigenvalue weighted by molar-refractivity contribution is 0.0924. The molecular weight excluding hydrogens is 264 g/mol. The second-order valence-corrected chi connectivity index (χ2v) is 4.06. The Kier molecular flexibility index (Phi) is 3.85. The van der Waals surface area contributed by atoms with Gasteiger partial charge in [-0.05, 0) is 13.0 Å². The highest BCUT2D eigenvalue weighted by molar-refractivity contribution is 5.92. The summed E-state index contributed by atoms with van der Waals surface area (Å²) < 4.78 is 7.43. The number of hydrazine groups is 1. The van der Waals surface area contributed by atoms with Crippen LogP contribution >= 0.6 is 0 Å². The van der Waals surface area contributed by atoms with E-state index in [1.807, 2.05) is 5.43 Å². The average molecular weight is 278 g/mol. The van der Waals surface area contributed by atoms with Gasteiger partial charge in [-0.3, -0.25) is 19.6 Å². The number of amides is 1. The molecule has 106 valence electrons. The lowest BCUT2D eigenvalue weighted by Gasteiger charge is -2.07. The Bertz CT molecular complexity index is 740. The number of aryl methyl sites for hydroxylation is 1. The van der Waals surface area contributed by atoms with Gasteiger partial charge in [0.1, 0.15) is 0 Å². The van der Waals surface area contributed by atoms with Crippen molar-refractivity contribution in [2.45, 2.75) is 20.0 Å². The topological polar surface area (TPSA) is 112 Å². The number of hydrogen-bond acceptors (Lipinski definition) is 5. The molecular formula is C12H14N4O4. The summed E-state index contributed by atoms with van der Waals surface area (Å²) in [6, 6.07) is 2.81. The van der Waals surface area contributed by atoms with E-state index in [-0.39, 0.29) is 12.3 Å². The van der Waals surface area contributed by atoms with E-state index in [2.05, 4.69) is 0 Å². The zero-order valence-electron chi connectivity index (χ0n) is 10.8. The minimum absolute atomic E-state index is 0.0225. The summed E-state index contributed by atoms with van der Waals surface area (Å²) in [6.07, 6.45) is 2.73. The molecule has 3 N–H and O–H groups in total. The Labute approximate surface area is 113 Å². The van der Waals surface area contributed by atoms with Crippen LogP contribution in [0, 0.1) is 0 Å². The first-order valence-corrected chi connectivity index (χ1v) is 5.96.